The Bertz CT molecular complexity index is 695. The first kappa shape index (κ1) is 17.1. The molecule has 4 N–H and O–H groups in total. The zero-order chi connectivity index (χ0) is 15.0. The highest BCUT2D eigenvalue weighted by Gasteiger charge is 2.40. The minimum Gasteiger partial charge on any atom is -0.504 e. The molecule has 2 aromatic carbocycles. The van der Waals surface area contributed by atoms with Gasteiger partial charge in [-0.3, -0.25) is 0 Å². The molecule has 22 heavy (non-hydrogen) atoms. The summed E-state index contributed by atoms with van der Waals surface area (Å²) in [7, 11) is 0. The fourth-order valence-corrected chi connectivity index (χ4v) is 3.32. The fourth-order valence-electron chi connectivity index (χ4n) is 2.93. The zero-order valence-electron chi connectivity index (χ0n) is 11.8. The van der Waals surface area contributed by atoms with Crippen molar-refractivity contribution in [3.05, 3.63) is 57.6 Å². The van der Waals surface area contributed by atoms with Crippen LogP contribution in [0.15, 0.2) is 40.9 Å². The van der Waals surface area contributed by atoms with E-state index in [1.807, 2.05) is 24.3 Å². The van der Waals surface area contributed by atoms with E-state index in [4.69, 9.17) is 10.5 Å². The van der Waals surface area contributed by atoms with Crippen LogP contribution in [0.5, 0.6) is 11.5 Å². The zero-order valence-corrected chi connectivity index (χ0v) is 14.2. The van der Waals surface area contributed by atoms with Crippen molar-refractivity contribution >= 4 is 28.3 Å². The van der Waals surface area contributed by atoms with E-state index in [0.717, 1.165) is 15.6 Å². The summed E-state index contributed by atoms with van der Waals surface area (Å²) in [5.74, 6) is -0.195. The second kappa shape index (κ2) is 6.46. The Kier molecular flexibility index (Phi) is 5.02. The third-order valence-corrected chi connectivity index (χ3v) is 4.47. The van der Waals surface area contributed by atoms with E-state index in [9.17, 15) is 10.2 Å². The van der Waals surface area contributed by atoms with E-state index in [1.165, 1.54) is 6.07 Å². The second-order valence-electron chi connectivity index (χ2n) is 5.10. The quantitative estimate of drug-likeness (QED) is 0.693. The lowest BCUT2D eigenvalue weighted by Gasteiger charge is -2.39. The predicted molar refractivity (Wildman–Crippen MR) is 90.7 cm³/mol. The van der Waals surface area contributed by atoms with Crippen LogP contribution in [-0.4, -0.2) is 23.4 Å². The lowest BCUT2D eigenvalue weighted by atomic mass is 9.80. The highest BCUT2D eigenvalue weighted by Crippen LogP contribution is 2.44. The van der Waals surface area contributed by atoms with Crippen molar-refractivity contribution in [1.82, 2.24) is 0 Å². The molecule has 0 saturated carbocycles. The molecule has 1 heterocycles. The van der Waals surface area contributed by atoms with Gasteiger partial charge in [-0.15, -0.1) is 12.4 Å². The van der Waals surface area contributed by atoms with Crippen molar-refractivity contribution in [1.29, 1.82) is 0 Å². The molecule has 1 aliphatic rings. The van der Waals surface area contributed by atoms with Crippen molar-refractivity contribution in [2.45, 2.75) is 12.0 Å². The summed E-state index contributed by atoms with van der Waals surface area (Å²) in [4.78, 5) is 0. The Labute approximate surface area is 143 Å². The summed E-state index contributed by atoms with van der Waals surface area (Å²) in [6.45, 7) is 0.689. The molecule has 0 spiro atoms. The lowest BCUT2D eigenvalue weighted by molar-refractivity contribution is -0.0222. The maximum absolute atomic E-state index is 10.1. The van der Waals surface area contributed by atoms with Crippen LogP contribution >= 0.6 is 28.3 Å². The average Bonchev–Trinajstić information content (AvgIpc) is 2.50. The molecule has 0 bridgehead atoms. The average molecular weight is 387 g/mol. The van der Waals surface area contributed by atoms with Gasteiger partial charge in [0.25, 0.3) is 0 Å². The Morgan fingerprint density at radius 1 is 1.23 bits per heavy atom. The molecule has 0 saturated heterocycles. The first-order chi connectivity index (χ1) is 10.1. The van der Waals surface area contributed by atoms with Crippen molar-refractivity contribution in [3.8, 4) is 11.5 Å². The van der Waals surface area contributed by atoms with E-state index >= 15 is 0 Å². The number of rotatable bonds is 2. The van der Waals surface area contributed by atoms with Crippen LogP contribution in [0.2, 0.25) is 0 Å². The molecule has 3 rings (SSSR count). The molecule has 1 atom stereocenters. The number of fused-ring (bicyclic) bond motifs is 1. The minimum atomic E-state index is -0.803. The van der Waals surface area contributed by atoms with Crippen molar-refractivity contribution in [2.24, 2.45) is 5.73 Å². The van der Waals surface area contributed by atoms with Crippen LogP contribution in [0, 0.1) is 0 Å². The minimum absolute atomic E-state index is 0. The van der Waals surface area contributed by atoms with Gasteiger partial charge in [-0.05, 0) is 29.3 Å². The Morgan fingerprint density at radius 3 is 2.68 bits per heavy atom. The van der Waals surface area contributed by atoms with Crippen molar-refractivity contribution in [3.63, 3.8) is 0 Å². The number of hydrogen-bond acceptors (Lipinski definition) is 4. The molecule has 2 aromatic rings. The lowest BCUT2D eigenvalue weighted by Crippen LogP contribution is -2.43. The van der Waals surface area contributed by atoms with E-state index in [-0.39, 0.29) is 30.5 Å². The number of aromatic hydroxyl groups is 2. The third-order valence-electron chi connectivity index (χ3n) is 3.98. The summed E-state index contributed by atoms with van der Waals surface area (Å²) in [6, 6.07) is 11.0. The molecular formula is C16H17BrClNO3. The van der Waals surface area contributed by atoms with Crippen molar-refractivity contribution in [2.75, 3.05) is 13.2 Å². The van der Waals surface area contributed by atoms with Crippen LogP contribution < -0.4 is 5.73 Å². The smallest absolute Gasteiger partial charge is 0.161 e. The SMILES string of the molecule is Cl.NCC1(c2cccc(Br)c2)OCCc2c1ccc(O)c2O. The first-order valence-corrected chi connectivity index (χ1v) is 7.52. The van der Waals surface area contributed by atoms with Gasteiger partial charge in [0.05, 0.1) is 6.61 Å². The highest BCUT2D eigenvalue weighted by molar-refractivity contribution is 9.10. The summed E-state index contributed by atoms with van der Waals surface area (Å²) >= 11 is 3.46. The van der Waals surface area contributed by atoms with E-state index in [2.05, 4.69) is 15.9 Å². The Morgan fingerprint density at radius 2 is 2.00 bits per heavy atom. The van der Waals surface area contributed by atoms with Gasteiger partial charge >= 0.3 is 0 Å². The molecule has 1 aliphatic heterocycles. The van der Waals surface area contributed by atoms with Crippen LogP contribution in [-0.2, 0) is 16.8 Å². The molecule has 0 fully saturated rings. The predicted octanol–water partition coefficient (Wildman–Crippen LogP) is 3.06. The van der Waals surface area contributed by atoms with Gasteiger partial charge in [-0.25, -0.2) is 0 Å². The molecule has 118 valence electrons. The van der Waals surface area contributed by atoms with Gasteiger partial charge in [-0.1, -0.05) is 34.1 Å². The van der Waals surface area contributed by atoms with E-state index < -0.39 is 5.60 Å². The molecular weight excluding hydrogens is 370 g/mol. The van der Waals surface area contributed by atoms with Crippen LogP contribution in [0.25, 0.3) is 0 Å². The fraction of sp³-hybridized carbons (Fsp3) is 0.250. The second-order valence-corrected chi connectivity index (χ2v) is 6.02. The maximum atomic E-state index is 10.1. The van der Waals surface area contributed by atoms with E-state index in [1.54, 1.807) is 6.07 Å². The summed E-state index contributed by atoms with van der Waals surface area (Å²) in [5, 5.41) is 19.8. The molecule has 4 nitrogen and oxygen atoms in total. The maximum Gasteiger partial charge on any atom is 0.161 e. The van der Waals surface area contributed by atoms with Gasteiger partial charge in [0.15, 0.2) is 11.5 Å². The number of hydrogen-bond donors (Lipinski definition) is 3. The summed E-state index contributed by atoms with van der Waals surface area (Å²) in [5.41, 5.74) is 7.67. The molecule has 6 heteroatoms. The first-order valence-electron chi connectivity index (χ1n) is 6.73. The molecule has 0 aromatic heterocycles. The molecule has 1 unspecified atom stereocenters. The Hall–Kier alpha value is -1.27. The van der Waals surface area contributed by atoms with E-state index in [0.29, 0.717) is 18.6 Å². The van der Waals surface area contributed by atoms with Crippen LogP contribution in [0.1, 0.15) is 16.7 Å². The highest BCUT2D eigenvalue weighted by atomic mass is 79.9. The number of benzene rings is 2. The molecule has 0 aliphatic carbocycles. The monoisotopic (exact) mass is 385 g/mol. The number of phenolic OH excluding ortho intramolecular Hbond substituents is 2. The van der Waals surface area contributed by atoms with Crippen molar-refractivity contribution < 1.29 is 14.9 Å². The van der Waals surface area contributed by atoms with Gasteiger partial charge in [-0.2, -0.15) is 0 Å². The van der Waals surface area contributed by atoms with Gasteiger partial charge in [0.2, 0.25) is 0 Å². The summed E-state index contributed by atoms with van der Waals surface area (Å²) in [6.07, 6.45) is 0.547. The normalized spacial score (nSPS) is 20.1. The number of halogens is 2. The van der Waals surface area contributed by atoms with Crippen LogP contribution in [0.3, 0.4) is 0 Å². The number of phenols is 2. The van der Waals surface area contributed by atoms with Gasteiger partial charge < -0.3 is 20.7 Å². The number of ether oxygens (including phenoxy) is 1. The van der Waals surface area contributed by atoms with Gasteiger partial charge in [0.1, 0.15) is 5.60 Å². The largest absolute Gasteiger partial charge is 0.504 e. The number of nitrogens with two attached hydrogens (primary N) is 1. The Balaban J connectivity index is 0.00000176. The standard InChI is InChI=1S/C16H16BrNO3.ClH/c17-11-3-1-2-10(8-11)16(9-18)13-4-5-14(19)15(20)12(13)6-7-21-16;/h1-5,8,19-20H,6-7,9,18H2;1H. The topological polar surface area (TPSA) is 75.7 Å². The van der Waals surface area contributed by atoms with Gasteiger partial charge in [0, 0.05) is 23.0 Å². The third kappa shape index (κ3) is 2.58. The van der Waals surface area contributed by atoms with Crippen LogP contribution in [0.4, 0.5) is 0 Å². The summed E-state index contributed by atoms with van der Waals surface area (Å²) < 4.78 is 6.98. The molecule has 0 amide bonds. The molecule has 0 radical (unpaired) electrons.